The topological polar surface area (TPSA) is 81.1 Å². The highest BCUT2D eigenvalue weighted by Gasteiger charge is 2.07. The molecule has 0 heterocycles. The van der Waals surface area contributed by atoms with Crippen LogP contribution in [-0.4, -0.2) is 5.91 Å². The van der Waals surface area contributed by atoms with Crippen LogP contribution in [0.5, 0.6) is 0 Å². The van der Waals surface area contributed by atoms with Gasteiger partial charge in [0.15, 0.2) is 0 Å². The summed E-state index contributed by atoms with van der Waals surface area (Å²) in [6.07, 6.45) is 0. The first-order valence-corrected chi connectivity index (χ1v) is 6.59. The number of anilines is 3. The molecule has 0 aliphatic rings. The SMILES string of the molecule is NC(=O)c1cc(Nc2cccc3ccccc23)ccc1N. The van der Waals surface area contributed by atoms with Gasteiger partial charge in [-0.1, -0.05) is 36.4 Å². The first-order valence-electron chi connectivity index (χ1n) is 6.59. The van der Waals surface area contributed by atoms with Crippen LogP contribution in [0.15, 0.2) is 60.7 Å². The molecule has 0 bridgehead atoms. The second-order valence-corrected chi connectivity index (χ2v) is 4.82. The minimum Gasteiger partial charge on any atom is -0.398 e. The molecule has 4 nitrogen and oxygen atoms in total. The number of fused-ring (bicyclic) bond motifs is 1. The maximum atomic E-state index is 11.4. The van der Waals surface area contributed by atoms with Crippen LogP contribution < -0.4 is 16.8 Å². The third kappa shape index (κ3) is 2.51. The second kappa shape index (κ2) is 5.17. The first kappa shape index (κ1) is 13.0. The van der Waals surface area contributed by atoms with Crippen molar-refractivity contribution in [1.29, 1.82) is 0 Å². The van der Waals surface area contributed by atoms with Crippen molar-refractivity contribution in [3.63, 3.8) is 0 Å². The molecule has 0 aliphatic carbocycles. The van der Waals surface area contributed by atoms with Crippen molar-refractivity contribution in [3.8, 4) is 0 Å². The van der Waals surface area contributed by atoms with Crippen molar-refractivity contribution in [3.05, 3.63) is 66.2 Å². The minimum atomic E-state index is -0.533. The molecule has 0 saturated carbocycles. The normalized spacial score (nSPS) is 10.5. The average molecular weight is 277 g/mol. The predicted octanol–water partition coefficient (Wildman–Crippen LogP) is 3.26. The zero-order valence-corrected chi connectivity index (χ0v) is 11.3. The molecule has 5 N–H and O–H groups in total. The van der Waals surface area contributed by atoms with Crippen LogP contribution in [0.25, 0.3) is 10.8 Å². The van der Waals surface area contributed by atoms with Crippen molar-refractivity contribution in [2.45, 2.75) is 0 Å². The second-order valence-electron chi connectivity index (χ2n) is 4.82. The van der Waals surface area contributed by atoms with Gasteiger partial charge in [-0.2, -0.15) is 0 Å². The summed E-state index contributed by atoms with van der Waals surface area (Å²) in [5, 5.41) is 5.56. The predicted molar refractivity (Wildman–Crippen MR) is 86.6 cm³/mol. The third-order valence-electron chi connectivity index (χ3n) is 3.39. The van der Waals surface area contributed by atoms with Gasteiger partial charge in [-0.05, 0) is 29.7 Å². The van der Waals surface area contributed by atoms with Crippen LogP contribution in [0.4, 0.5) is 17.1 Å². The lowest BCUT2D eigenvalue weighted by molar-refractivity contribution is 0.100. The Hall–Kier alpha value is -3.01. The molecule has 3 aromatic carbocycles. The monoisotopic (exact) mass is 277 g/mol. The molecule has 0 saturated heterocycles. The quantitative estimate of drug-likeness (QED) is 0.643. The van der Waals surface area contributed by atoms with Crippen LogP contribution in [0.1, 0.15) is 10.4 Å². The number of benzene rings is 3. The Bertz CT molecular complexity index is 822. The largest absolute Gasteiger partial charge is 0.398 e. The molecule has 21 heavy (non-hydrogen) atoms. The number of carbonyl (C=O) groups is 1. The molecule has 0 atom stereocenters. The van der Waals surface area contributed by atoms with Crippen molar-refractivity contribution >= 4 is 33.7 Å². The third-order valence-corrected chi connectivity index (χ3v) is 3.39. The van der Waals surface area contributed by atoms with Crippen LogP contribution >= 0.6 is 0 Å². The van der Waals surface area contributed by atoms with Gasteiger partial charge in [-0.3, -0.25) is 4.79 Å². The van der Waals surface area contributed by atoms with Crippen LogP contribution in [-0.2, 0) is 0 Å². The number of primary amides is 1. The van der Waals surface area contributed by atoms with Gasteiger partial charge >= 0.3 is 0 Å². The fourth-order valence-electron chi connectivity index (χ4n) is 2.34. The van der Waals surface area contributed by atoms with Crippen molar-refractivity contribution < 1.29 is 4.79 Å². The number of nitrogens with two attached hydrogens (primary N) is 2. The summed E-state index contributed by atoms with van der Waals surface area (Å²) in [6.45, 7) is 0. The van der Waals surface area contributed by atoms with E-state index in [1.54, 1.807) is 12.1 Å². The highest BCUT2D eigenvalue weighted by Crippen LogP contribution is 2.27. The molecule has 0 spiro atoms. The van der Waals surface area contributed by atoms with E-state index >= 15 is 0 Å². The zero-order chi connectivity index (χ0) is 14.8. The lowest BCUT2D eigenvalue weighted by Gasteiger charge is -2.11. The summed E-state index contributed by atoms with van der Waals surface area (Å²) in [6, 6.07) is 19.3. The summed E-state index contributed by atoms with van der Waals surface area (Å²) in [7, 11) is 0. The van der Waals surface area contributed by atoms with E-state index in [2.05, 4.69) is 17.4 Å². The molecule has 0 aliphatic heterocycles. The van der Waals surface area contributed by atoms with Crippen molar-refractivity contribution in [2.24, 2.45) is 5.73 Å². The highest BCUT2D eigenvalue weighted by atomic mass is 16.1. The molecule has 104 valence electrons. The summed E-state index contributed by atoms with van der Waals surface area (Å²) in [5.41, 5.74) is 13.5. The van der Waals surface area contributed by atoms with Gasteiger partial charge in [0.1, 0.15) is 0 Å². The van der Waals surface area contributed by atoms with E-state index in [4.69, 9.17) is 11.5 Å². The summed E-state index contributed by atoms with van der Waals surface area (Å²) in [4.78, 5) is 11.4. The van der Waals surface area contributed by atoms with E-state index in [1.807, 2.05) is 36.4 Å². The maximum Gasteiger partial charge on any atom is 0.250 e. The highest BCUT2D eigenvalue weighted by molar-refractivity contribution is 6.00. The van der Waals surface area contributed by atoms with Crippen molar-refractivity contribution in [1.82, 2.24) is 0 Å². The Kier molecular flexibility index (Phi) is 3.20. The Morgan fingerprint density at radius 2 is 1.71 bits per heavy atom. The Balaban J connectivity index is 2.03. The minimum absolute atomic E-state index is 0.320. The molecule has 1 amide bonds. The Morgan fingerprint density at radius 3 is 2.52 bits per heavy atom. The molecular formula is C17H15N3O. The molecule has 0 aromatic heterocycles. The summed E-state index contributed by atoms with van der Waals surface area (Å²) < 4.78 is 0. The smallest absolute Gasteiger partial charge is 0.250 e. The van der Waals surface area contributed by atoms with Crippen molar-refractivity contribution in [2.75, 3.05) is 11.1 Å². The van der Waals surface area contributed by atoms with E-state index in [1.165, 1.54) is 0 Å². The maximum absolute atomic E-state index is 11.4. The molecule has 3 rings (SSSR count). The van der Waals surface area contributed by atoms with Gasteiger partial charge in [0.25, 0.3) is 5.91 Å². The zero-order valence-electron chi connectivity index (χ0n) is 11.3. The number of nitrogens with one attached hydrogen (secondary N) is 1. The van der Waals surface area contributed by atoms with Crippen LogP contribution in [0, 0.1) is 0 Å². The van der Waals surface area contributed by atoms with E-state index in [9.17, 15) is 4.79 Å². The van der Waals surface area contributed by atoms with E-state index in [-0.39, 0.29) is 0 Å². The molecule has 0 radical (unpaired) electrons. The lowest BCUT2D eigenvalue weighted by Crippen LogP contribution is -2.13. The summed E-state index contributed by atoms with van der Waals surface area (Å²) >= 11 is 0. The summed E-state index contributed by atoms with van der Waals surface area (Å²) in [5.74, 6) is -0.533. The Labute approximate surface area is 122 Å². The number of hydrogen-bond acceptors (Lipinski definition) is 3. The number of hydrogen-bond donors (Lipinski definition) is 3. The van der Waals surface area contributed by atoms with Gasteiger partial charge in [0.05, 0.1) is 5.56 Å². The Morgan fingerprint density at radius 1 is 0.952 bits per heavy atom. The fraction of sp³-hybridized carbons (Fsp3) is 0. The number of carbonyl (C=O) groups excluding carboxylic acids is 1. The molecule has 4 heteroatoms. The van der Waals surface area contributed by atoms with E-state index < -0.39 is 5.91 Å². The molecular weight excluding hydrogens is 262 g/mol. The van der Waals surface area contributed by atoms with Gasteiger partial charge < -0.3 is 16.8 Å². The average Bonchev–Trinajstić information content (AvgIpc) is 2.49. The molecule has 0 unspecified atom stereocenters. The lowest BCUT2D eigenvalue weighted by atomic mass is 10.1. The van der Waals surface area contributed by atoms with E-state index in [0.29, 0.717) is 11.3 Å². The molecule has 0 fully saturated rings. The fourth-order valence-corrected chi connectivity index (χ4v) is 2.34. The number of nitrogen functional groups attached to an aromatic ring is 1. The van der Waals surface area contributed by atoms with Crippen LogP contribution in [0.3, 0.4) is 0 Å². The van der Waals surface area contributed by atoms with E-state index in [0.717, 1.165) is 22.1 Å². The molecule has 3 aromatic rings. The first-order chi connectivity index (χ1) is 10.1. The van der Waals surface area contributed by atoms with Crippen LogP contribution in [0.2, 0.25) is 0 Å². The number of amides is 1. The van der Waals surface area contributed by atoms with Gasteiger partial charge in [-0.25, -0.2) is 0 Å². The van der Waals surface area contributed by atoms with Gasteiger partial charge in [-0.15, -0.1) is 0 Å². The van der Waals surface area contributed by atoms with Gasteiger partial charge in [0, 0.05) is 22.4 Å². The number of rotatable bonds is 3. The standard InChI is InChI=1S/C17H15N3O/c18-15-9-8-12(10-14(15)17(19)21)20-16-7-3-5-11-4-1-2-6-13(11)16/h1-10,20H,18H2,(H2,19,21). The van der Waals surface area contributed by atoms with Gasteiger partial charge in [0.2, 0.25) is 0 Å².